The van der Waals surface area contributed by atoms with E-state index in [1.54, 1.807) is 42.5 Å². The van der Waals surface area contributed by atoms with Crippen molar-refractivity contribution in [1.82, 2.24) is 10.6 Å². The zero-order chi connectivity index (χ0) is 23.0. The van der Waals surface area contributed by atoms with Gasteiger partial charge < -0.3 is 20.7 Å². The summed E-state index contributed by atoms with van der Waals surface area (Å²) in [7, 11) is 0. The molecule has 0 heterocycles. The van der Waals surface area contributed by atoms with E-state index in [0.29, 0.717) is 40.1 Å². The molecule has 0 fully saturated rings. The van der Waals surface area contributed by atoms with Crippen molar-refractivity contribution in [2.45, 2.75) is 39.2 Å². The molecule has 0 atom stereocenters. The highest BCUT2D eigenvalue weighted by molar-refractivity contribution is 7.80. The smallest absolute Gasteiger partial charge is 0.251 e. The van der Waals surface area contributed by atoms with Crippen molar-refractivity contribution in [2.24, 2.45) is 0 Å². The van der Waals surface area contributed by atoms with Crippen molar-refractivity contribution >= 4 is 58.0 Å². The summed E-state index contributed by atoms with van der Waals surface area (Å²) in [5.74, 6) is 0.129. The Hall–Kier alpha value is -2.35. The van der Waals surface area contributed by atoms with Crippen LogP contribution in [0.15, 0.2) is 42.5 Å². The van der Waals surface area contributed by atoms with Gasteiger partial charge in [-0.15, -0.1) is 0 Å². The summed E-state index contributed by atoms with van der Waals surface area (Å²) in [4.78, 5) is 24.2. The minimum atomic E-state index is -0.314. The third kappa shape index (κ3) is 9.12. The quantitative estimate of drug-likeness (QED) is 0.374. The number of carbonyl (C=O) groups is 2. The van der Waals surface area contributed by atoms with Crippen LogP contribution >= 0.6 is 35.4 Å². The summed E-state index contributed by atoms with van der Waals surface area (Å²) in [6, 6.07) is 11.8. The minimum absolute atomic E-state index is 0.156. The maximum atomic E-state index is 12.2. The van der Waals surface area contributed by atoms with Gasteiger partial charge in [-0.25, -0.2) is 0 Å². The van der Waals surface area contributed by atoms with Crippen LogP contribution in [0, 0.1) is 0 Å². The number of ether oxygens (including phenoxy) is 1. The van der Waals surface area contributed by atoms with E-state index in [4.69, 9.17) is 40.2 Å². The fraction of sp³-hybridized carbons (Fsp3) is 0.318. The Balaban J connectivity index is 1.72. The van der Waals surface area contributed by atoms with E-state index < -0.39 is 0 Å². The molecule has 2 amide bonds. The molecule has 2 aromatic carbocycles. The lowest BCUT2D eigenvalue weighted by Crippen LogP contribution is -2.40. The van der Waals surface area contributed by atoms with Gasteiger partial charge in [-0.2, -0.15) is 0 Å². The normalized spacial score (nSPS) is 10.9. The van der Waals surface area contributed by atoms with E-state index in [1.807, 2.05) is 20.8 Å². The Morgan fingerprint density at radius 3 is 2.35 bits per heavy atom. The Morgan fingerprint density at radius 2 is 1.74 bits per heavy atom. The molecule has 0 unspecified atom stereocenters. The molecule has 0 saturated carbocycles. The average molecular weight is 482 g/mol. The zero-order valence-electron chi connectivity index (χ0n) is 17.6. The molecule has 31 heavy (non-hydrogen) atoms. The molecule has 0 aliphatic carbocycles. The van der Waals surface area contributed by atoms with Crippen molar-refractivity contribution in [3.63, 3.8) is 0 Å². The van der Waals surface area contributed by atoms with Crippen LogP contribution in [0.1, 0.15) is 44.0 Å². The fourth-order valence-electron chi connectivity index (χ4n) is 2.48. The summed E-state index contributed by atoms with van der Waals surface area (Å²) in [6.45, 7) is 6.08. The average Bonchev–Trinajstić information content (AvgIpc) is 2.65. The molecule has 0 spiro atoms. The molecule has 0 aromatic heterocycles. The van der Waals surface area contributed by atoms with Crippen molar-refractivity contribution < 1.29 is 14.3 Å². The maximum Gasteiger partial charge on any atom is 0.251 e. The molecule has 166 valence electrons. The molecule has 3 N–H and O–H groups in total. The minimum Gasteiger partial charge on any atom is -0.492 e. The Kier molecular flexibility index (Phi) is 9.10. The Morgan fingerprint density at radius 1 is 1.06 bits per heavy atom. The summed E-state index contributed by atoms with van der Waals surface area (Å²) >= 11 is 17.0. The maximum absolute atomic E-state index is 12.2. The summed E-state index contributed by atoms with van der Waals surface area (Å²) in [5, 5.41) is 9.56. The van der Waals surface area contributed by atoms with Crippen LogP contribution in [-0.2, 0) is 4.79 Å². The van der Waals surface area contributed by atoms with Crippen molar-refractivity contribution in [1.29, 1.82) is 0 Å². The first-order chi connectivity index (χ1) is 14.5. The fourth-order valence-corrected chi connectivity index (χ4v) is 3.17. The second-order valence-electron chi connectivity index (χ2n) is 7.81. The summed E-state index contributed by atoms with van der Waals surface area (Å²) in [6.07, 6.45) is 0.726. The lowest BCUT2D eigenvalue weighted by Gasteiger charge is -2.20. The zero-order valence-corrected chi connectivity index (χ0v) is 19.9. The van der Waals surface area contributed by atoms with E-state index in [0.717, 1.165) is 0 Å². The monoisotopic (exact) mass is 481 g/mol. The third-order valence-corrected chi connectivity index (χ3v) is 4.58. The van der Waals surface area contributed by atoms with Gasteiger partial charge in [0.15, 0.2) is 5.11 Å². The number of benzene rings is 2. The Labute approximate surface area is 197 Å². The highest BCUT2D eigenvalue weighted by atomic mass is 35.5. The van der Waals surface area contributed by atoms with Gasteiger partial charge in [-0.05, 0) is 81.9 Å². The molecule has 6 nitrogen and oxygen atoms in total. The number of thiocarbonyl (C=S) groups is 1. The number of nitrogens with one attached hydrogen (secondary N) is 3. The molecule has 2 aromatic rings. The van der Waals surface area contributed by atoms with Crippen LogP contribution < -0.4 is 20.7 Å². The van der Waals surface area contributed by atoms with Gasteiger partial charge >= 0.3 is 0 Å². The second kappa shape index (κ2) is 11.3. The first-order valence-electron chi connectivity index (χ1n) is 9.65. The number of carbonyl (C=O) groups excluding carboxylic acids is 2. The van der Waals surface area contributed by atoms with Crippen molar-refractivity contribution in [2.75, 3.05) is 11.9 Å². The van der Waals surface area contributed by atoms with Gasteiger partial charge in [0, 0.05) is 28.2 Å². The predicted molar refractivity (Wildman–Crippen MR) is 129 cm³/mol. The van der Waals surface area contributed by atoms with Crippen LogP contribution in [0.3, 0.4) is 0 Å². The first kappa shape index (κ1) is 24.9. The number of hydrogen-bond donors (Lipinski definition) is 3. The molecule has 0 radical (unpaired) electrons. The van der Waals surface area contributed by atoms with E-state index in [-0.39, 0.29) is 28.9 Å². The highest BCUT2D eigenvalue weighted by Gasteiger charge is 2.15. The largest absolute Gasteiger partial charge is 0.492 e. The third-order valence-electron chi connectivity index (χ3n) is 3.85. The van der Waals surface area contributed by atoms with Crippen LogP contribution in [0.5, 0.6) is 5.75 Å². The lowest BCUT2D eigenvalue weighted by molar-refractivity contribution is -0.119. The van der Waals surface area contributed by atoms with Gasteiger partial charge in [0.2, 0.25) is 5.91 Å². The van der Waals surface area contributed by atoms with E-state index in [2.05, 4.69) is 16.0 Å². The molecule has 9 heteroatoms. The van der Waals surface area contributed by atoms with Gasteiger partial charge in [-0.3, -0.25) is 9.59 Å². The number of rotatable bonds is 7. The number of hydrogen-bond acceptors (Lipinski definition) is 4. The van der Waals surface area contributed by atoms with Crippen molar-refractivity contribution in [3.8, 4) is 5.75 Å². The van der Waals surface area contributed by atoms with Gasteiger partial charge in [0.1, 0.15) is 5.75 Å². The first-order valence-corrected chi connectivity index (χ1v) is 10.8. The molecular weight excluding hydrogens is 457 g/mol. The Bertz CT molecular complexity index is 944. The topological polar surface area (TPSA) is 79.5 Å². The highest BCUT2D eigenvalue weighted by Crippen LogP contribution is 2.27. The summed E-state index contributed by atoms with van der Waals surface area (Å²) < 4.78 is 5.55. The van der Waals surface area contributed by atoms with Crippen LogP contribution in [-0.4, -0.2) is 29.1 Å². The molecular formula is C22H25Cl2N3O3S. The van der Waals surface area contributed by atoms with Gasteiger partial charge in [0.05, 0.1) is 11.6 Å². The van der Waals surface area contributed by atoms with Crippen LogP contribution in [0.2, 0.25) is 10.0 Å². The second-order valence-corrected chi connectivity index (χ2v) is 9.06. The molecule has 0 bridgehead atoms. The predicted octanol–water partition coefficient (Wildman–Crippen LogP) is 5.19. The lowest BCUT2D eigenvalue weighted by atomic mass is 10.1. The van der Waals surface area contributed by atoms with Gasteiger partial charge in [-0.1, -0.05) is 23.2 Å². The van der Waals surface area contributed by atoms with E-state index >= 15 is 0 Å². The number of anilines is 1. The van der Waals surface area contributed by atoms with Crippen LogP contribution in [0.25, 0.3) is 0 Å². The molecule has 2 rings (SSSR count). The molecule has 0 saturated heterocycles. The van der Waals surface area contributed by atoms with Crippen LogP contribution in [0.4, 0.5) is 5.69 Å². The van der Waals surface area contributed by atoms with Crippen molar-refractivity contribution in [3.05, 3.63) is 58.1 Å². The molecule has 0 aliphatic rings. The summed E-state index contributed by atoms with van der Waals surface area (Å²) in [5.41, 5.74) is 0.890. The standard InChI is InChI=1S/C22H25Cl2N3O3S/c1-22(2,3)27-20(29)14-6-9-16(10-7-14)25-21(31)26-19(28)5-4-12-30-18-11-8-15(23)13-17(18)24/h6-11,13H,4-5,12H2,1-3H3,(H,27,29)(H2,25,26,28,31). The SMILES string of the molecule is CC(C)(C)NC(=O)c1ccc(NC(=S)NC(=O)CCCOc2ccc(Cl)cc2Cl)cc1. The molecule has 0 aliphatic heterocycles. The van der Waals surface area contributed by atoms with Gasteiger partial charge in [0.25, 0.3) is 5.91 Å². The van der Waals surface area contributed by atoms with E-state index in [1.165, 1.54) is 0 Å². The number of halogens is 2. The van der Waals surface area contributed by atoms with E-state index in [9.17, 15) is 9.59 Å². The number of amides is 2.